The first-order chi connectivity index (χ1) is 9.58. The molecule has 2 N–H and O–H groups in total. The van der Waals surface area contributed by atoms with E-state index in [2.05, 4.69) is 17.3 Å². The van der Waals surface area contributed by atoms with E-state index in [0.717, 1.165) is 37.6 Å². The fourth-order valence-electron chi connectivity index (χ4n) is 1.95. The third-order valence-corrected chi connectivity index (χ3v) is 3.32. The van der Waals surface area contributed by atoms with Crippen LogP contribution in [0.2, 0.25) is 0 Å². The lowest BCUT2D eigenvalue weighted by molar-refractivity contribution is 0.161. The number of nitrogens with zero attached hydrogens (tertiary/aromatic N) is 1. The standard InChI is InChI=1S/C15H26N2O3/c1-12(16-7-8-17(2)9-10-19-3)14-11-13(20-4)5-6-15(14)18/h5-6,11-12,16,18H,7-10H2,1-4H3. The minimum atomic E-state index is 0.0703. The van der Waals surface area contributed by atoms with Crippen molar-refractivity contribution < 1.29 is 14.6 Å². The number of methoxy groups -OCH3 is 2. The van der Waals surface area contributed by atoms with Crippen molar-refractivity contribution in [2.75, 3.05) is 47.5 Å². The Kier molecular flexibility index (Phi) is 7.36. The van der Waals surface area contributed by atoms with E-state index >= 15 is 0 Å². The summed E-state index contributed by atoms with van der Waals surface area (Å²) in [5, 5.41) is 13.3. The molecule has 0 heterocycles. The topological polar surface area (TPSA) is 54.0 Å². The first kappa shape index (κ1) is 16.8. The van der Waals surface area contributed by atoms with Crippen LogP contribution in [0.5, 0.6) is 11.5 Å². The quantitative estimate of drug-likeness (QED) is 0.721. The van der Waals surface area contributed by atoms with Gasteiger partial charge >= 0.3 is 0 Å². The summed E-state index contributed by atoms with van der Waals surface area (Å²) in [5.41, 5.74) is 0.851. The van der Waals surface area contributed by atoms with Crippen molar-refractivity contribution in [2.24, 2.45) is 0 Å². The molecule has 0 aliphatic rings. The number of aromatic hydroxyl groups is 1. The molecular weight excluding hydrogens is 256 g/mol. The van der Waals surface area contributed by atoms with E-state index in [1.165, 1.54) is 0 Å². The van der Waals surface area contributed by atoms with E-state index in [4.69, 9.17) is 9.47 Å². The van der Waals surface area contributed by atoms with Gasteiger partial charge in [0.2, 0.25) is 0 Å². The van der Waals surface area contributed by atoms with Crippen LogP contribution < -0.4 is 10.1 Å². The highest BCUT2D eigenvalue weighted by Gasteiger charge is 2.11. The Balaban J connectivity index is 2.44. The molecule has 1 rings (SSSR count). The highest BCUT2D eigenvalue weighted by Crippen LogP contribution is 2.27. The van der Waals surface area contributed by atoms with E-state index in [9.17, 15) is 5.11 Å². The number of nitrogens with one attached hydrogen (secondary N) is 1. The summed E-state index contributed by atoms with van der Waals surface area (Å²) in [7, 11) is 5.40. The van der Waals surface area contributed by atoms with Crippen molar-refractivity contribution in [1.82, 2.24) is 10.2 Å². The van der Waals surface area contributed by atoms with Gasteiger partial charge in [0.15, 0.2) is 0 Å². The average Bonchev–Trinajstić information content (AvgIpc) is 2.45. The Morgan fingerprint density at radius 3 is 2.70 bits per heavy atom. The summed E-state index contributed by atoms with van der Waals surface area (Å²) in [6, 6.07) is 5.35. The van der Waals surface area contributed by atoms with Crippen LogP contribution in [0, 0.1) is 0 Å². The maximum atomic E-state index is 9.90. The SMILES string of the molecule is COCCN(C)CCNC(C)c1cc(OC)ccc1O. The second kappa shape index (κ2) is 8.79. The van der Waals surface area contributed by atoms with Gasteiger partial charge in [-0.25, -0.2) is 0 Å². The number of likely N-dealkylation sites (N-methyl/N-ethyl adjacent to an activating group) is 1. The minimum Gasteiger partial charge on any atom is -0.508 e. The lowest BCUT2D eigenvalue weighted by Crippen LogP contribution is -2.32. The smallest absolute Gasteiger partial charge is 0.120 e. The lowest BCUT2D eigenvalue weighted by atomic mass is 10.1. The van der Waals surface area contributed by atoms with Crippen LogP contribution in [0.3, 0.4) is 0 Å². The largest absolute Gasteiger partial charge is 0.508 e. The predicted octanol–water partition coefficient (Wildman–Crippen LogP) is 1.63. The summed E-state index contributed by atoms with van der Waals surface area (Å²) in [6.45, 7) is 5.46. The van der Waals surface area contributed by atoms with Crippen LogP contribution in [-0.4, -0.2) is 57.5 Å². The Morgan fingerprint density at radius 1 is 1.30 bits per heavy atom. The molecule has 0 fully saturated rings. The molecule has 1 aromatic carbocycles. The van der Waals surface area contributed by atoms with E-state index < -0.39 is 0 Å². The molecule has 0 saturated heterocycles. The predicted molar refractivity (Wildman–Crippen MR) is 80.4 cm³/mol. The van der Waals surface area contributed by atoms with Crippen molar-refractivity contribution in [3.05, 3.63) is 23.8 Å². The Hall–Kier alpha value is -1.30. The lowest BCUT2D eigenvalue weighted by Gasteiger charge is -2.20. The molecule has 0 spiro atoms. The summed E-state index contributed by atoms with van der Waals surface area (Å²) in [4.78, 5) is 2.20. The maximum Gasteiger partial charge on any atom is 0.120 e. The van der Waals surface area contributed by atoms with E-state index in [0.29, 0.717) is 5.75 Å². The molecule has 0 saturated carbocycles. The fraction of sp³-hybridized carbons (Fsp3) is 0.600. The zero-order valence-electron chi connectivity index (χ0n) is 12.8. The van der Waals surface area contributed by atoms with Gasteiger partial charge in [-0.2, -0.15) is 0 Å². The zero-order chi connectivity index (χ0) is 15.0. The second-order valence-electron chi connectivity index (χ2n) is 4.90. The van der Waals surface area contributed by atoms with Gasteiger partial charge in [0.25, 0.3) is 0 Å². The van der Waals surface area contributed by atoms with Gasteiger partial charge in [-0.3, -0.25) is 0 Å². The van der Waals surface area contributed by atoms with Gasteiger partial charge < -0.3 is 24.8 Å². The monoisotopic (exact) mass is 282 g/mol. The summed E-state index contributed by atoms with van der Waals surface area (Å²) >= 11 is 0. The molecule has 5 nitrogen and oxygen atoms in total. The normalized spacial score (nSPS) is 12.7. The molecule has 114 valence electrons. The molecular formula is C15H26N2O3. The van der Waals surface area contributed by atoms with Gasteiger partial charge in [0.05, 0.1) is 13.7 Å². The Labute approximate surface area is 121 Å². The van der Waals surface area contributed by atoms with Crippen molar-refractivity contribution >= 4 is 0 Å². The molecule has 0 radical (unpaired) electrons. The molecule has 0 bridgehead atoms. The van der Waals surface area contributed by atoms with Crippen LogP contribution in [-0.2, 0) is 4.74 Å². The number of hydrogen-bond donors (Lipinski definition) is 2. The summed E-state index contributed by atoms with van der Waals surface area (Å²) < 4.78 is 10.2. The number of rotatable bonds is 9. The van der Waals surface area contributed by atoms with Crippen LogP contribution >= 0.6 is 0 Å². The molecule has 0 amide bonds. The Bertz CT molecular complexity index is 399. The number of benzene rings is 1. The van der Waals surface area contributed by atoms with E-state index in [-0.39, 0.29) is 6.04 Å². The number of phenolic OH excluding ortho intramolecular Hbond substituents is 1. The first-order valence-corrected chi connectivity index (χ1v) is 6.86. The van der Waals surface area contributed by atoms with Crippen LogP contribution in [0.25, 0.3) is 0 Å². The van der Waals surface area contributed by atoms with E-state index in [1.54, 1.807) is 26.4 Å². The number of phenols is 1. The molecule has 1 aromatic rings. The molecule has 0 aliphatic heterocycles. The van der Waals surface area contributed by atoms with Crippen molar-refractivity contribution in [3.63, 3.8) is 0 Å². The highest BCUT2D eigenvalue weighted by molar-refractivity contribution is 5.41. The van der Waals surface area contributed by atoms with E-state index in [1.807, 2.05) is 13.0 Å². The Morgan fingerprint density at radius 2 is 2.05 bits per heavy atom. The third-order valence-electron chi connectivity index (χ3n) is 3.32. The van der Waals surface area contributed by atoms with Gasteiger partial charge in [-0.15, -0.1) is 0 Å². The fourth-order valence-corrected chi connectivity index (χ4v) is 1.95. The zero-order valence-corrected chi connectivity index (χ0v) is 12.8. The summed E-state index contributed by atoms with van der Waals surface area (Å²) in [6.07, 6.45) is 0. The third kappa shape index (κ3) is 5.36. The number of ether oxygens (including phenoxy) is 2. The van der Waals surface area contributed by atoms with Crippen molar-refractivity contribution in [1.29, 1.82) is 0 Å². The van der Waals surface area contributed by atoms with Crippen LogP contribution in [0.4, 0.5) is 0 Å². The highest BCUT2D eigenvalue weighted by atomic mass is 16.5. The molecule has 0 aliphatic carbocycles. The summed E-state index contributed by atoms with van der Waals surface area (Å²) in [5.74, 6) is 1.04. The molecule has 5 heteroatoms. The van der Waals surface area contributed by atoms with Gasteiger partial charge in [-0.1, -0.05) is 0 Å². The maximum absolute atomic E-state index is 9.90. The van der Waals surface area contributed by atoms with Gasteiger partial charge in [-0.05, 0) is 32.2 Å². The van der Waals surface area contributed by atoms with Crippen molar-refractivity contribution in [2.45, 2.75) is 13.0 Å². The van der Waals surface area contributed by atoms with Gasteiger partial charge in [0, 0.05) is 38.3 Å². The number of hydrogen-bond acceptors (Lipinski definition) is 5. The second-order valence-corrected chi connectivity index (χ2v) is 4.90. The van der Waals surface area contributed by atoms with Crippen LogP contribution in [0.1, 0.15) is 18.5 Å². The van der Waals surface area contributed by atoms with Crippen molar-refractivity contribution in [3.8, 4) is 11.5 Å². The average molecular weight is 282 g/mol. The first-order valence-electron chi connectivity index (χ1n) is 6.86. The minimum absolute atomic E-state index is 0.0703. The molecule has 1 unspecified atom stereocenters. The van der Waals surface area contributed by atoms with Crippen LogP contribution in [0.15, 0.2) is 18.2 Å². The molecule has 1 atom stereocenters. The molecule has 0 aromatic heterocycles. The van der Waals surface area contributed by atoms with Gasteiger partial charge in [0.1, 0.15) is 11.5 Å². The molecule has 20 heavy (non-hydrogen) atoms.